The summed E-state index contributed by atoms with van der Waals surface area (Å²) in [6, 6.07) is 16.8. The van der Waals surface area contributed by atoms with Crippen LogP contribution in [0.15, 0.2) is 65.5 Å². The highest BCUT2D eigenvalue weighted by molar-refractivity contribution is 5.68. The summed E-state index contributed by atoms with van der Waals surface area (Å²) < 4.78 is 17.5. The van der Waals surface area contributed by atoms with Gasteiger partial charge in [-0.3, -0.25) is 4.90 Å². The van der Waals surface area contributed by atoms with Gasteiger partial charge in [0.25, 0.3) is 0 Å². The van der Waals surface area contributed by atoms with Crippen molar-refractivity contribution in [2.45, 2.75) is 40.5 Å². The van der Waals surface area contributed by atoms with Gasteiger partial charge in [-0.25, -0.2) is 0 Å². The van der Waals surface area contributed by atoms with Crippen LogP contribution in [-0.4, -0.2) is 11.8 Å². The van der Waals surface area contributed by atoms with Gasteiger partial charge in [0.15, 0.2) is 0 Å². The molecule has 156 valence electrons. The van der Waals surface area contributed by atoms with E-state index in [0.717, 1.165) is 29.0 Å². The molecule has 0 amide bonds. The van der Waals surface area contributed by atoms with Gasteiger partial charge in [0, 0.05) is 23.9 Å². The Labute approximate surface area is 177 Å². The predicted molar refractivity (Wildman–Crippen MR) is 118 cm³/mol. The first-order chi connectivity index (χ1) is 14.5. The Morgan fingerprint density at radius 1 is 1.10 bits per heavy atom. The van der Waals surface area contributed by atoms with Crippen molar-refractivity contribution in [3.05, 3.63) is 83.4 Å². The number of hydrogen-bond acceptors (Lipinski definition) is 5. The summed E-state index contributed by atoms with van der Waals surface area (Å²) in [6.07, 6.45) is 3.28. The number of benzene rings is 2. The van der Waals surface area contributed by atoms with Crippen LogP contribution in [0.5, 0.6) is 0 Å². The van der Waals surface area contributed by atoms with E-state index in [0.29, 0.717) is 18.4 Å². The zero-order valence-electron chi connectivity index (χ0n) is 18.0. The van der Waals surface area contributed by atoms with Crippen LogP contribution in [0.25, 0.3) is 11.1 Å². The van der Waals surface area contributed by atoms with E-state index >= 15 is 0 Å². The smallest absolute Gasteiger partial charge is 0.237 e. The predicted octanol–water partition coefficient (Wildman–Crippen LogP) is 6.14. The van der Waals surface area contributed by atoms with Crippen molar-refractivity contribution in [2.24, 2.45) is 5.92 Å². The van der Waals surface area contributed by atoms with Crippen molar-refractivity contribution >= 4 is 5.88 Å². The summed E-state index contributed by atoms with van der Waals surface area (Å²) >= 11 is 0. The van der Waals surface area contributed by atoms with Crippen molar-refractivity contribution in [1.82, 2.24) is 5.16 Å². The normalized spacial score (nSPS) is 15.8. The van der Waals surface area contributed by atoms with Crippen LogP contribution in [0.1, 0.15) is 42.5 Å². The van der Waals surface area contributed by atoms with E-state index in [2.05, 4.69) is 61.5 Å². The molecular formula is C25H28N2O3. The highest BCUT2D eigenvalue weighted by Crippen LogP contribution is 2.37. The molecule has 1 aromatic heterocycles. The topological polar surface area (TPSA) is 47.7 Å². The van der Waals surface area contributed by atoms with Crippen LogP contribution in [0.4, 0.5) is 5.88 Å². The van der Waals surface area contributed by atoms with Gasteiger partial charge in [-0.05, 0) is 42.5 Å². The molecule has 1 aliphatic rings. The van der Waals surface area contributed by atoms with E-state index in [4.69, 9.17) is 14.0 Å². The lowest BCUT2D eigenvalue weighted by Crippen LogP contribution is -2.20. The lowest BCUT2D eigenvalue weighted by atomic mass is 9.97. The molecule has 1 atom stereocenters. The number of aryl methyl sites for hydroxylation is 1. The first-order valence-electron chi connectivity index (χ1n) is 10.3. The Bertz CT molecular complexity index is 1020. The summed E-state index contributed by atoms with van der Waals surface area (Å²) in [5, 5.41) is 4.09. The van der Waals surface area contributed by atoms with Crippen molar-refractivity contribution in [3.63, 3.8) is 0 Å². The quantitative estimate of drug-likeness (QED) is 0.473. The first kappa shape index (κ1) is 20.2. The standard InChI is InChI=1S/C25H28N2O3/c1-17(2)15-28-16-22-14-21(10-11-23(22)20-8-6-5-7-9-20)25-27(12-13-29-25)24-18(3)19(4)26-30-24/h5-14,17,25H,15-16H2,1-4H3. The SMILES string of the molecule is Cc1noc(N2C=COC2c2ccc(-c3ccccc3)c(COCC(C)C)c2)c1C. The van der Waals surface area contributed by atoms with Crippen LogP contribution >= 0.6 is 0 Å². The molecule has 5 nitrogen and oxygen atoms in total. The van der Waals surface area contributed by atoms with E-state index in [9.17, 15) is 0 Å². The van der Waals surface area contributed by atoms with E-state index in [1.54, 1.807) is 6.26 Å². The van der Waals surface area contributed by atoms with E-state index in [-0.39, 0.29) is 6.23 Å². The van der Waals surface area contributed by atoms with Gasteiger partial charge in [-0.2, -0.15) is 0 Å². The fourth-order valence-electron chi connectivity index (χ4n) is 3.57. The minimum atomic E-state index is -0.301. The van der Waals surface area contributed by atoms with Gasteiger partial charge >= 0.3 is 0 Å². The summed E-state index contributed by atoms with van der Waals surface area (Å²) in [4.78, 5) is 1.98. The average Bonchev–Trinajstić information content (AvgIpc) is 3.35. The van der Waals surface area contributed by atoms with Crippen molar-refractivity contribution in [1.29, 1.82) is 0 Å². The molecular weight excluding hydrogens is 376 g/mol. The molecule has 2 heterocycles. The molecule has 2 aromatic carbocycles. The lowest BCUT2D eigenvalue weighted by molar-refractivity contribution is 0.0971. The largest absolute Gasteiger partial charge is 0.472 e. The molecule has 0 N–H and O–H groups in total. The molecule has 4 rings (SSSR count). The second-order valence-electron chi connectivity index (χ2n) is 8.07. The van der Waals surface area contributed by atoms with Crippen LogP contribution in [-0.2, 0) is 16.1 Å². The van der Waals surface area contributed by atoms with Gasteiger partial charge in [0.1, 0.15) is 6.26 Å². The van der Waals surface area contributed by atoms with E-state index in [1.807, 2.05) is 31.0 Å². The van der Waals surface area contributed by atoms with E-state index < -0.39 is 0 Å². The molecule has 0 saturated heterocycles. The molecule has 30 heavy (non-hydrogen) atoms. The Kier molecular flexibility index (Phi) is 5.91. The molecule has 0 bridgehead atoms. The molecule has 1 aliphatic heterocycles. The average molecular weight is 405 g/mol. The third-order valence-electron chi connectivity index (χ3n) is 5.26. The van der Waals surface area contributed by atoms with Crippen molar-refractivity contribution < 1.29 is 14.0 Å². The third-order valence-corrected chi connectivity index (χ3v) is 5.26. The van der Waals surface area contributed by atoms with Gasteiger partial charge in [-0.1, -0.05) is 61.5 Å². The van der Waals surface area contributed by atoms with Crippen molar-refractivity contribution in [2.75, 3.05) is 11.5 Å². The molecule has 0 radical (unpaired) electrons. The maximum atomic E-state index is 6.00. The molecule has 0 spiro atoms. The van der Waals surface area contributed by atoms with Gasteiger partial charge < -0.3 is 14.0 Å². The maximum absolute atomic E-state index is 6.00. The summed E-state index contributed by atoms with van der Waals surface area (Å²) in [5.74, 6) is 1.19. The second-order valence-corrected chi connectivity index (χ2v) is 8.07. The fraction of sp³-hybridized carbons (Fsp3) is 0.320. The number of nitrogens with zero attached hydrogens (tertiary/aromatic N) is 2. The van der Waals surface area contributed by atoms with Crippen LogP contribution in [0, 0.1) is 19.8 Å². The minimum Gasteiger partial charge on any atom is -0.472 e. The first-order valence-corrected chi connectivity index (χ1v) is 10.3. The summed E-state index contributed by atoms with van der Waals surface area (Å²) in [5.41, 5.74) is 6.42. The number of anilines is 1. The second kappa shape index (κ2) is 8.76. The molecule has 5 heteroatoms. The summed E-state index contributed by atoms with van der Waals surface area (Å²) in [7, 11) is 0. The molecule has 0 fully saturated rings. The van der Waals surface area contributed by atoms with Gasteiger partial charge in [0.05, 0.1) is 12.3 Å². The molecule has 1 unspecified atom stereocenters. The Morgan fingerprint density at radius 3 is 2.60 bits per heavy atom. The molecule has 3 aromatic rings. The number of rotatable bonds is 7. The highest BCUT2D eigenvalue weighted by atomic mass is 16.5. The number of ether oxygens (including phenoxy) is 2. The molecule has 0 aliphatic carbocycles. The maximum Gasteiger partial charge on any atom is 0.237 e. The highest BCUT2D eigenvalue weighted by Gasteiger charge is 2.29. The Balaban J connectivity index is 1.67. The monoisotopic (exact) mass is 404 g/mol. The van der Waals surface area contributed by atoms with Crippen molar-refractivity contribution in [3.8, 4) is 11.1 Å². The Morgan fingerprint density at radius 2 is 1.90 bits per heavy atom. The van der Waals surface area contributed by atoms with Crippen LogP contribution in [0.3, 0.4) is 0 Å². The van der Waals surface area contributed by atoms with Crippen LogP contribution < -0.4 is 4.90 Å². The summed E-state index contributed by atoms with van der Waals surface area (Å²) in [6.45, 7) is 9.54. The lowest BCUT2D eigenvalue weighted by Gasteiger charge is -2.23. The van der Waals surface area contributed by atoms with Gasteiger partial charge in [0.2, 0.25) is 12.1 Å². The Hall–Kier alpha value is -3.05. The number of aromatic nitrogens is 1. The molecule has 0 saturated carbocycles. The zero-order chi connectivity index (χ0) is 21.1. The van der Waals surface area contributed by atoms with Gasteiger partial charge in [-0.15, -0.1) is 0 Å². The fourth-order valence-corrected chi connectivity index (χ4v) is 3.57. The minimum absolute atomic E-state index is 0.301. The number of hydrogen-bond donors (Lipinski definition) is 0. The zero-order valence-corrected chi connectivity index (χ0v) is 18.0. The van der Waals surface area contributed by atoms with Crippen LogP contribution in [0.2, 0.25) is 0 Å². The third kappa shape index (κ3) is 4.12. The van der Waals surface area contributed by atoms with E-state index in [1.165, 1.54) is 11.1 Å².